The number of hydrogen-bond acceptors (Lipinski definition) is 4. The van der Waals surface area contributed by atoms with Crippen LogP contribution >= 0.6 is 0 Å². The summed E-state index contributed by atoms with van der Waals surface area (Å²) in [6.07, 6.45) is 0. The van der Waals surface area contributed by atoms with E-state index in [0.29, 0.717) is 25.2 Å². The first-order chi connectivity index (χ1) is 8.16. The van der Waals surface area contributed by atoms with Gasteiger partial charge in [0.05, 0.1) is 6.61 Å². The monoisotopic (exact) mass is 235 g/mol. The number of morpholine rings is 1. The van der Waals surface area contributed by atoms with Gasteiger partial charge in [-0.2, -0.15) is 0 Å². The van der Waals surface area contributed by atoms with E-state index in [0.717, 1.165) is 5.56 Å². The molecular formula is C11H14BNO4. The molecule has 1 saturated heterocycles. The summed E-state index contributed by atoms with van der Waals surface area (Å²) in [5, 5.41) is 17.9. The van der Waals surface area contributed by atoms with Crippen LogP contribution in [-0.2, 0) is 16.1 Å². The first-order valence-corrected chi connectivity index (χ1v) is 5.47. The van der Waals surface area contributed by atoms with Gasteiger partial charge in [0.25, 0.3) is 0 Å². The summed E-state index contributed by atoms with van der Waals surface area (Å²) in [6.45, 7) is 1.85. The van der Waals surface area contributed by atoms with Crippen LogP contribution in [0, 0.1) is 0 Å². The SMILES string of the molecule is O=C1COCCN1Cc1ccc(B(O)O)cc1. The maximum Gasteiger partial charge on any atom is 0.488 e. The van der Waals surface area contributed by atoms with Crippen LogP contribution in [0.4, 0.5) is 0 Å². The van der Waals surface area contributed by atoms with Crippen molar-refractivity contribution in [1.82, 2.24) is 4.90 Å². The van der Waals surface area contributed by atoms with Crippen LogP contribution in [0.15, 0.2) is 24.3 Å². The van der Waals surface area contributed by atoms with E-state index in [1.165, 1.54) is 0 Å². The molecule has 1 aromatic carbocycles. The maximum atomic E-state index is 11.5. The Morgan fingerprint density at radius 3 is 2.59 bits per heavy atom. The molecule has 1 amide bonds. The van der Waals surface area contributed by atoms with Crippen molar-refractivity contribution in [2.75, 3.05) is 19.8 Å². The van der Waals surface area contributed by atoms with E-state index in [-0.39, 0.29) is 12.5 Å². The topological polar surface area (TPSA) is 70.0 Å². The predicted octanol–water partition coefficient (Wildman–Crippen LogP) is -1.27. The minimum absolute atomic E-state index is 0.0116. The largest absolute Gasteiger partial charge is 0.488 e. The molecule has 1 fully saturated rings. The van der Waals surface area contributed by atoms with Crippen molar-refractivity contribution in [1.29, 1.82) is 0 Å². The molecule has 0 saturated carbocycles. The lowest BCUT2D eigenvalue weighted by molar-refractivity contribution is -0.143. The minimum atomic E-state index is -1.45. The molecule has 0 aliphatic carbocycles. The summed E-state index contributed by atoms with van der Waals surface area (Å²) in [5.41, 5.74) is 1.41. The highest BCUT2D eigenvalue weighted by molar-refractivity contribution is 6.58. The Bertz CT molecular complexity index is 393. The zero-order valence-corrected chi connectivity index (χ0v) is 9.37. The second-order valence-electron chi connectivity index (χ2n) is 3.98. The summed E-state index contributed by atoms with van der Waals surface area (Å²) >= 11 is 0. The molecule has 0 radical (unpaired) electrons. The number of amides is 1. The lowest BCUT2D eigenvalue weighted by Crippen LogP contribution is -2.41. The zero-order chi connectivity index (χ0) is 12.3. The third-order valence-corrected chi connectivity index (χ3v) is 2.74. The number of carbonyl (C=O) groups excluding carboxylic acids is 1. The number of carbonyl (C=O) groups is 1. The van der Waals surface area contributed by atoms with Crippen molar-refractivity contribution in [2.24, 2.45) is 0 Å². The first-order valence-electron chi connectivity index (χ1n) is 5.47. The van der Waals surface area contributed by atoms with Gasteiger partial charge in [-0.1, -0.05) is 24.3 Å². The Hall–Kier alpha value is -1.37. The van der Waals surface area contributed by atoms with Crippen LogP contribution in [0.25, 0.3) is 0 Å². The van der Waals surface area contributed by atoms with E-state index >= 15 is 0 Å². The van der Waals surface area contributed by atoms with Crippen LogP contribution in [0.3, 0.4) is 0 Å². The van der Waals surface area contributed by atoms with Crippen LogP contribution < -0.4 is 5.46 Å². The van der Waals surface area contributed by atoms with Crippen molar-refractivity contribution in [3.63, 3.8) is 0 Å². The Labute approximate surface area is 99.8 Å². The molecule has 1 aromatic rings. The number of ether oxygens (including phenoxy) is 1. The normalized spacial score (nSPS) is 16.1. The molecule has 0 aromatic heterocycles. The van der Waals surface area contributed by atoms with E-state index in [9.17, 15) is 4.79 Å². The van der Waals surface area contributed by atoms with Crippen molar-refractivity contribution < 1.29 is 19.6 Å². The smallest absolute Gasteiger partial charge is 0.423 e. The average molecular weight is 235 g/mol. The lowest BCUT2D eigenvalue weighted by atomic mass is 9.80. The van der Waals surface area contributed by atoms with Gasteiger partial charge in [-0.3, -0.25) is 4.79 Å². The third-order valence-electron chi connectivity index (χ3n) is 2.74. The molecule has 0 spiro atoms. The van der Waals surface area contributed by atoms with E-state index < -0.39 is 7.12 Å². The molecule has 0 atom stereocenters. The lowest BCUT2D eigenvalue weighted by Gasteiger charge is -2.26. The van der Waals surface area contributed by atoms with E-state index in [2.05, 4.69) is 0 Å². The van der Waals surface area contributed by atoms with Crippen LogP contribution in [0.5, 0.6) is 0 Å². The second kappa shape index (κ2) is 5.31. The van der Waals surface area contributed by atoms with Crippen molar-refractivity contribution in [2.45, 2.75) is 6.54 Å². The first kappa shape index (κ1) is 12.1. The van der Waals surface area contributed by atoms with Gasteiger partial charge in [-0.25, -0.2) is 0 Å². The number of nitrogens with zero attached hydrogens (tertiary/aromatic N) is 1. The van der Waals surface area contributed by atoms with Crippen molar-refractivity contribution in [3.8, 4) is 0 Å². The van der Waals surface area contributed by atoms with Gasteiger partial charge in [0, 0.05) is 13.1 Å². The average Bonchev–Trinajstić information content (AvgIpc) is 2.33. The van der Waals surface area contributed by atoms with Crippen molar-refractivity contribution in [3.05, 3.63) is 29.8 Å². The second-order valence-corrected chi connectivity index (χ2v) is 3.98. The Balaban J connectivity index is 2.00. The highest BCUT2D eigenvalue weighted by Crippen LogP contribution is 2.07. The number of rotatable bonds is 3. The molecule has 90 valence electrons. The molecule has 2 N–H and O–H groups in total. The predicted molar refractivity (Wildman–Crippen MR) is 62.5 cm³/mol. The Morgan fingerprint density at radius 1 is 1.29 bits per heavy atom. The molecular weight excluding hydrogens is 221 g/mol. The molecule has 0 unspecified atom stereocenters. The van der Waals surface area contributed by atoms with Gasteiger partial charge in [-0.15, -0.1) is 0 Å². The van der Waals surface area contributed by atoms with Crippen molar-refractivity contribution >= 4 is 18.5 Å². The van der Waals surface area contributed by atoms with E-state index in [1.54, 1.807) is 29.2 Å². The Kier molecular flexibility index (Phi) is 3.78. The standard InChI is InChI=1S/C11H14BNO4/c14-11-8-17-6-5-13(11)7-9-1-3-10(4-2-9)12(15)16/h1-4,15-16H,5-8H2. The van der Waals surface area contributed by atoms with Gasteiger partial charge in [0.2, 0.25) is 5.91 Å². The minimum Gasteiger partial charge on any atom is -0.423 e. The fraction of sp³-hybridized carbons (Fsp3) is 0.364. The van der Waals surface area contributed by atoms with E-state index in [1.807, 2.05) is 0 Å². The van der Waals surface area contributed by atoms with Crippen LogP contribution in [0.2, 0.25) is 0 Å². The molecule has 0 bridgehead atoms. The molecule has 1 aliphatic heterocycles. The number of benzene rings is 1. The van der Waals surface area contributed by atoms with Gasteiger partial charge in [0.15, 0.2) is 0 Å². The van der Waals surface area contributed by atoms with Gasteiger partial charge in [-0.05, 0) is 11.0 Å². The summed E-state index contributed by atoms with van der Waals surface area (Å²) < 4.78 is 5.04. The summed E-state index contributed by atoms with van der Waals surface area (Å²) in [6, 6.07) is 6.87. The molecule has 6 heteroatoms. The highest BCUT2D eigenvalue weighted by atomic mass is 16.5. The van der Waals surface area contributed by atoms with Gasteiger partial charge in [0.1, 0.15) is 6.61 Å². The molecule has 1 heterocycles. The van der Waals surface area contributed by atoms with Crippen LogP contribution in [0.1, 0.15) is 5.56 Å². The summed E-state index contributed by atoms with van der Waals surface area (Å²) in [7, 11) is -1.45. The summed E-state index contributed by atoms with van der Waals surface area (Å²) in [5.74, 6) is -0.0116. The van der Waals surface area contributed by atoms with Gasteiger partial charge >= 0.3 is 7.12 Å². The maximum absolute atomic E-state index is 11.5. The third kappa shape index (κ3) is 3.06. The number of hydrogen-bond donors (Lipinski definition) is 2. The Morgan fingerprint density at radius 2 is 2.00 bits per heavy atom. The molecule has 17 heavy (non-hydrogen) atoms. The molecule has 2 rings (SSSR count). The molecule has 1 aliphatic rings. The quantitative estimate of drug-likeness (QED) is 0.640. The summed E-state index contributed by atoms with van der Waals surface area (Å²) in [4.78, 5) is 13.2. The highest BCUT2D eigenvalue weighted by Gasteiger charge is 2.18. The van der Waals surface area contributed by atoms with Crippen LogP contribution in [-0.4, -0.2) is 47.7 Å². The fourth-order valence-electron chi connectivity index (χ4n) is 1.73. The van der Waals surface area contributed by atoms with Gasteiger partial charge < -0.3 is 19.7 Å². The fourth-order valence-corrected chi connectivity index (χ4v) is 1.73. The zero-order valence-electron chi connectivity index (χ0n) is 9.37. The molecule has 5 nitrogen and oxygen atoms in total. The van der Waals surface area contributed by atoms with E-state index in [4.69, 9.17) is 14.8 Å².